The van der Waals surface area contributed by atoms with Crippen LogP contribution in [0.15, 0.2) is 36.4 Å². The number of aromatic nitrogens is 3. The second kappa shape index (κ2) is 11.9. The van der Waals surface area contributed by atoms with Crippen molar-refractivity contribution < 1.29 is 19.1 Å². The van der Waals surface area contributed by atoms with E-state index in [0.29, 0.717) is 58.1 Å². The Morgan fingerprint density at radius 2 is 1.68 bits per heavy atom. The predicted octanol–water partition coefficient (Wildman–Crippen LogP) is 2.45. The lowest BCUT2D eigenvalue weighted by molar-refractivity contribution is 0.0942. The van der Waals surface area contributed by atoms with Crippen molar-refractivity contribution in [2.45, 2.75) is 13.5 Å². The van der Waals surface area contributed by atoms with E-state index < -0.39 is 0 Å². The van der Waals surface area contributed by atoms with Crippen LogP contribution in [0.2, 0.25) is 0 Å². The van der Waals surface area contributed by atoms with Crippen LogP contribution in [-0.4, -0.2) is 66.7 Å². The number of hydrogen-bond acceptors (Lipinski definition) is 7. The Balaban J connectivity index is 1.44. The first-order valence-corrected chi connectivity index (χ1v) is 12.6. The molecule has 0 spiro atoms. The summed E-state index contributed by atoms with van der Waals surface area (Å²) in [6.45, 7) is 4.63. The maximum absolute atomic E-state index is 12.8. The number of carbonyl (C=O) groups excluding carboxylic acids is 2. The molecule has 0 saturated carbocycles. The lowest BCUT2D eigenvalue weighted by Gasteiger charge is -2.13. The molecule has 2 aromatic carbocycles. The first-order valence-electron chi connectivity index (χ1n) is 12.2. The number of ether oxygens (including phenoxy) is 2. The van der Waals surface area contributed by atoms with E-state index in [1.807, 2.05) is 6.92 Å². The fourth-order valence-electron chi connectivity index (χ4n) is 4.14. The molecule has 2 amide bonds. The standard InChI is InChI=1S/C26H31N7O4S/c1-4-28-7-8-29-24(34)15-5-6-18-16(11-15)12-20(31-18)25(35)30-9-10-33-23(27)17-13-21(36-2)22(37-3)14-19(17)32-26(33)38/h5-6,11-14,27-28,31H,4,7-10H2,1-3H3,(H,29,34)(H,30,35)(H,32,38). The van der Waals surface area contributed by atoms with Crippen molar-refractivity contribution >= 4 is 45.8 Å². The van der Waals surface area contributed by atoms with Crippen LogP contribution in [-0.2, 0) is 6.54 Å². The number of rotatable bonds is 11. The molecular weight excluding hydrogens is 506 g/mol. The van der Waals surface area contributed by atoms with Gasteiger partial charge in [0, 0.05) is 54.1 Å². The van der Waals surface area contributed by atoms with E-state index in [1.165, 1.54) is 7.11 Å². The number of carbonyl (C=O) groups is 2. The zero-order valence-electron chi connectivity index (χ0n) is 21.5. The van der Waals surface area contributed by atoms with Gasteiger partial charge in [-0.05, 0) is 49.1 Å². The number of nitrogens with zero attached hydrogens (tertiary/aromatic N) is 1. The average molecular weight is 538 g/mol. The van der Waals surface area contributed by atoms with Crippen molar-refractivity contribution in [1.82, 2.24) is 30.5 Å². The predicted molar refractivity (Wildman–Crippen MR) is 148 cm³/mol. The molecule has 0 radical (unpaired) electrons. The normalized spacial score (nSPS) is 11.0. The van der Waals surface area contributed by atoms with E-state index in [-0.39, 0.29) is 23.8 Å². The van der Waals surface area contributed by atoms with Gasteiger partial charge in [-0.2, -0.15) is 0 Å². The summed E-state index contributed by atoms with van der Waals surface area (Å²) in [7, 11) is 3.08. The highest BCUT2D eigenvalue weighted by Crippen LogP contribution is 2.29. The maximum Gasteiger partial charge on any atom is 0.267 e. The summed E-state index contributed by atoms with van der Waals surface area (Å²) in [5.41, 5.74) is 2.51. The Hall–Kier alpha value is -4.16. The minimum Gasteiger partial charge on any atom is -0.493 e. The monoisotopic (exact) mass is 537 g/mol. The molecule has 6 N–H and O–H groups in total. The SMILES string of the molecule is CCNCCNC(=O)c1ccc2[nH]c(C(=O)NCCn3c(=S)[nH]c4cc(OC)c(OC)cc4c3=N)cc2c1. The molecule has 0 aliphatic carbocycles. The maximum atomic E-state index is 12.8. The molecule has 0 atom stereocenters. The second-order valence-electron chi connectivity index (χ2n) is 8.53. The number of likely N-dealkylation sites (N-methyl/N-ethyl adjacent to an activating group) is 1. The topological polar surface area (TPSA) is 149 Å². The average Bonchev–Trinajstić information content (AvgIpc) is 3.35. The van der Waals surface area contributed by atoms with Gasteiger partial charge in [-0.1, -0.05) is 6.92 Å². The molecule has 12 heteroatoms. The Bertz CT molecular complexity index is 1610. The van der Waals surface area contributed by atoms with Crippen molar-refractivity contribution in [3.8, 4) is 11.5 Å². The van der Waals surface area contributed by atoms with E-state index in [4.69, 9.17) is 27.1 Å². The minimum atomic E-state index is -0.299. The fourth-order valence-corrected chi connectivity index (χ4v) is 4.43. The molecule has 38 heavy (non-hydrogen) atoms. The van der Waals surface area contributed by atoms with Crippen LogP contribution in [0.3, 0.4) is 0 Å². The van der Waals surface area contributed by atoms with Crippen molar-refractivity contribution in [3.05, 3.63) is 57.9 Å². The summed E-state index contributed by atoms with van der Waals surface area (Å²) in [6, 6.07) is 10.4. The summed E-state index contributed by atoms with van der Waals surface area (Å²) in [4.78, 5) is 31.4. The van der Waals surface area contributed by atoms with Crippen LogP contribution in [0, 0.1) is 10.2 Å². The van der Waals surface area contributed by atoms with Crippen molar-refractivity contribution in [2.75, 3.05) is 40.4 Å². The number of fused-ring (bicyclic) bond motifs is 2. The highest BCUT2D eigenvalue weighted by atomic mass is 32.1. The molecule has 4 aromatic rings. The number of nitrogens with one attached hydrogen (secondary N) is 6. The van der Waals surface area contributed by atoms with Gasteiger partial charge in [0.15, 0.2) is 16.3 Å². The largest absolute Gasteiger partial charge is 0.493 e. The van der Waals surface area contributed by atoms with Gasteiger partial charge in [-0.15, -0.1) is 0 Å². The summed E-state index contributed by atoms with van der Waals surface area (Å²) in [5, 5.41) is 18.9. The van der Waals surface area contributed by atoms with Crippen LogP contribution < -0.4 is 30.9 Å². The zero-order valence-corrected chi connectivity index (χ0v) is 22.3. The fraction of sp³-hybridized carbons (Fsp3) is 0.308. The summed E-state index contributed by atoms with van der Waals surface area (Å²) in [5.74, 6) is 0.576. The molecule has 0 unspecified atom stereocenters. The van der Waals surface area contributed by atoms with Crippen LogP contribution in [0.1, 0.15) is 27.8 Å². The molecule has 2 heterocycles. The first kappa shape index (κ1) is 26.9. The molecule has 0 fully saturated rings. The van der Waals surface area contributed by atoms with Gasteiger partial charge in [0.25, 0.3) is 11.8 Å². The lowest BCUT2D eigenvalue weighted by atomic mass is 10.1. The Kier molecular flexibility index (Phi) is 8.44. The molecule has 200 valence electrons. The molecule has 2 aromatic heterocycles. The minimum absolute atomic E-state index is 0.164. The number of hydrogen-bond donors (Lipinski definition) is 6. The van der Waals surface area contributed by atoms with Gasteiger partial charge in [0.05, 0.1) is 19.7 Å². The molecular formula is C26H31N7O4S. The van der Waals surface area contributed by atoms with Crippen LogP contribution in [0.4, 0.5) is 0 Å². The smallest absolute Gasteiger partial charge is 0.267 e. The van der Waals surface area contributed by atoms with E-state index >= 15 is 0 Å². The number of amides is 2. The van der Waals surface area contributed by atoms with Gasteiger partial charge >= 0.3 is 0 Å². The molecule has 0 saturated heterocycles. The van der Waals surface area contributed by atoms with Crippen LogP contribution in [0.5, 0.6) is 11.5 Å². The van der Waals surface area contributed by atoms with E-state index in [9.17, 15) is 9.59 Å². The third-order valence-electron chi connectivity index (χ3n) is 6.12. The molecule has 0 aliphatic heterocycles. The van der Waals surface area contributed by atoms with Crippen LogP contribution >= 0.6 is 12.2 Å². The van der Waals surface area contributed by atoms with Crippen LogP contribution in [0.25, 0.3) is 21.8 Å². The lowest BCUT2D eigenvalue weighted by Crippen LogP contribution is -2.32. The van der Waals surface area contributed by atoms with Crippen molar-refractivity contribution in [2.24, 2.45) is 0 Å². The number of methoxy groups -OCH3 is 2. The first-order chi connectivity index (χ1) is 18.4. The molecule has 0 bridgehead atoms. The third-order valence-corrected chi connectivity index (χ3v) is 6.44. The number of aromatic amines is 2. The van der Waals surface area contributed by atoms with Gasteiger partial charge in [-0.25, -0.2) is 0 Å². The summed E-state index contributed by atoms with van der Waals surface area (Å²) in [6.07, 6.45) is 0. The summed E-state index contributed by atoms with van der Waals surface area (Å²) >= 11 is 5.46. The summed E-state index contributed by atoms with van der Waals surface area (Å²) < 4.78 is 12.7. The van der Waals surface area contributed by atoms with E-state index in [1.54, 1.807) is 48.1 Å². The highest BCUT2D eigenvalue weighted by molar-refractivity contribution is 7.71. The number of H-pyrrole nitrogens is 2. The second-order valence-corrected chi connectivity index (χ2v) is 8.92. The molecule has 4 rings (SSSR count). The number of benzene rings is 2. The molecule has 11 nitrogen and oxygen atoms in total. The Morgan fingerprint density at radius 3 is 2.42 bits per heavy atom. The Morgan fingerprint density at radius 1 is 0.947 bits per heavy atom. The zero-order chi connectivity index (χ0) is 27.2. The third kappa shape index (κ3) is 5.71. The van der Waals surface area contributed by atoms with Crippen molar-refractivity contribution in [1.29, 1.82) is 5.41 Å². The van der Waals surface area contributed by atoms with Gasteiger partial charge in [0.1, 0.15) is 11.2 Å². The Labute approximate surface area is 224 Å². The quantitative estimate of drug-likeness (QED) is 0.128. The highest BCUT2D eigenvalue weighted by Gasteiger charge is 2.13. The van der Waals surface area contributed by atoms with Gasteiger partial charge in [0.2, 0.25) is 0 Å². The van der Waals surface area contributed by atoms with Crippen molar-refractivity contribution in [3.63, 3.8) is 0 Å². The van der Waals surface area contributed by atoms with Gasteiger partial charge in [-0.3, -0.25) is 15.0 Å². The van der Waals surface area contributed by atoms with Gasteiger partial charge < -0.3 is 40.0 Å². The van der Waals surface area contributed by atoms with E-state index in [2.05, 4.69) is 25.9 Å². The molecule has 0 aliphatic rings. The van der Waals surface area contributed by atoms with E-state index in [0.717, 1.165) is 17.4 Å².